The summed E-state index contributed by atoms with van der Waals surface area (Å²) in [6.45, 7) is 6.79. The van der Waals surface area contributed by atoms with E-state index in [9.17, 15) is 4.79 Å². The number of benzene rings is 2. The van der Waals surface area contributed by atoms with E-state index in [1.807, 2.05) is 68.4 Å². The second kappa shape index (κ2) is 9.71. The molecule has 0 radical (unpaired) electrons. The quantitative estimate of drug-likeness (QED) is 0.182. The van der Waals surface area contributed by atoms with E-state index in [0.717, 1.165) is 45.6 Å². The van der Waals surface area contributed by atoms with Crippen LogP contribution in [0.25, 0.3) is 15.9 Å². The van der Waals surface area contributed by atoms with Crippen molar-refractivity contribution in [3.8, 4) is 11.4 Å². The summed E-state index contributed by atoms with van der Waals surface area (Å²) in [6, 6.07) is 17.8. The molecular formula is C25H26N2O2S2. The van der Waals surface area contributed by atoms with Crippen LogP contribution in [-0.4, -0.2) is 21.9 Å². The van der Waals surface area contributed by atoms with Gasteiger partial charge in [-0.05, 0) is 55.7 Å². The zero-order valence-electron chi connectivity index (χ0n) is 18.1. The monoisotopic (exact) mass is 450 g/mol. The number of fused-ring (bicyclic) bond motifs is 1. The summed E-state index contributed by atoms with van der Waals surface area (Å²) in [7, 11) is 0. The van der Waals surface area contributed by atoms with Crippen LogP contribution in [0.1, 0.15) is 29.3 Å². The number of rotatable bonds is 8. The van der Waals surface area contributed by atoms with Crippen molar-refractivity contribution in [1.82, 2.24) is 9.55 Å². The summed E-state index contributed by atoms with van der Waals surface area (Å²) in [5.74, 6) is 1.55. The third kappa shape index (κ3) is 4.70. The summed E-state index contributed by atoms with van der Waals surface area (Å²) in [5.41, 5.74) is 3.05. The number of hydrogen-bond acceptors (Lipinski definition) is 5. The van der Waals surface area contributed by atoms with E-state index < -0.39 is 0 Å². The smallest absolute Gasteiger partial charge is 0.267 e. The first-order valence-electron chi connectivity index (χ1n) is 10.5. The molecule has 0 bridgehead atoms. The minimum atomic E-state index is 0.0122. The molecule has 31 heavy (non-hydrogen) atoms. The first kappa shape index (κ1) is 21.7. The summed E-state index contributed by atoms with van der Waals surface area (Å²) >= 11 is 3.21. The lowest BCUT2D eigenvalue weighted by Crippen LogP contribution is -2.22. The van der Waals surface area contributed by atoms with Gasteiger partial charge in [-0.3, -0.25) is 9.36 Å². The third-order valence-corrected chi connectivity index (χ3v) is 7.24. The third-order valence-electron chi connectivity index (χ3n) is 5.10. The van der Waals surface area contributed by atoms with E-state index in [1.165, 1.54) is 4.88 Å². The van der Waals surface area contributed by atoms with Gasteiger partial charge in [0.05, 0.1) is 17.7 Å². The molecule has 2 heterocycles. The van der Waals surface area contributed by atoms with Crippen LogP contribution < -0.4 is 10.3 Å². The maximum atomic E-state index is 13.6. The van der Waals surface area contributed by atoms with E-state index in [-0.39, 0.29) is 5.56 Å². The summed E-state index contributed by atoms with van der Waals surface area (Å²) in [4.78, 5) is 20.7. The van der Waals surface area contributed by atoms with Gasteiger partial charge in [0.25, 0.3) is 5.56 Å². The summed E-state index contributed by atoms with van der Waals surface area (Å²) in [6.07, 6.45) is 2.03. The van der Waals surface area contributed by atoms with Crippen molar-refractivity contribution < 1.29 is 4.74 Å². The van der Waals surface area contributed by atoms with Crippen molar-refractivity contribution in [2.75, 3.05) is 12.4 Å². The lowest BCUT2D eigenvalue weighted by Gasteiger charge is -2.13. The normalized spacial score (nSPS) is 11.2. The van der Waals surface area contributed by atoms with E-state index in [4.69, 9.17) is 9.72 Å². The Morgan fingerprint density at radius 1 is 1.10 bits per heavy atom. The van der Waals surface area contributed by atoms with Crippen LogP contribution in [-0.2, 0) is 6.42 Å². The second-order valence-electron chi connectivity index (χ2n) is 7.46. The van der Waals surface area contributed by atoms with Crippen LogP contribution in [0.4, 0.5) is 0 Å². The van der Waals surface area contributed by atoms with E-state index in [2.05, 4.69) is 6.92 Å². The van der Waals surface area contributed by atoms with Crippen LogP contribution in [0.15, 0.2) is 64.5 Å². The molecule has 0 saturated heterocycles. The molecule has 0 amide bonds. The average molecular weight is 451 g/mol. The molecule has 0 spiro atoms. The van der Waals surface area contributed by atoms with Gasteiger partial charge in [-0.2, -0.15) is 0 Å². The molecule has 0 aliphatic heterocycles. The molecule has 6 heteroatoms. The fourth-order valence-electron chi connectivity index (χ4n) is 3.58. The lowest BCUT2D eigenvalue weighted by atomic mass is 10.1. The highest BCUT2D eigenvalue weighted by Crippen LogP contribution is 2.31. The molecule has 0 aliphatic carbocycles. The van der Waals surface area contributed by atoms with Gasteiger partial charge in [-0.1, -0.05) is 55.4 Å². The van der Waals surface area contributed by atoms with Gasteiger partial charge in [0.15, 0.2) is 5.16 Å². The number of thioether (sulfide) groups is 1. The highest BCUT2D eigenvalue weighted by molar-refractivity contribution is 7.99. The molecule has 0 atom stereocenters. The van der Waals surface area contributed by atoms with Crippen molar-refractivity contribution in [2.45, 2.75) is 38.8 Å². The molecule has 160 valence electrons. The number of aromatic nitrogens is 2. The van der Waals surface area contributed by atoms with Crippen molar-refractivity contribution >= 4 is 33.3 Å². The SMILES string of the molecule is CCCc1sc2nc(SCCOc3ccccc3)n(-c3cccc(C)c3)c(=O)c2c1C. The van der Waals surface area contributed by atoms with Crippen LogP contribution >= 0.6 is 23.1 Å². The van der Waals surface area contributed by atoms with Gasteiger partial charge in [0.2, 0.25) is 0 Å². The van der Waals surface area contributed by atoms with Crippen LogP contribution in [0.2, 0.25) is 0 Å². The Labute approximate surface area is 190 Å². The highest BCUT2D eigenvalue weighted by atomic mass is 32.2. The predicted octanol–water partition coefficient (Wildman–Crippen LogP) is 6.19. The highest BCUT2D eigenvalue weighted by Gasteiger charge is 2.19. The molecule has 0 unspecified atom stereocenters. The first-order valence-corrected chi connectivity index (χ1v) is 12.3. The van der Waals surface area contributed by atoms with Crippen LogP contribution in [0, 0.1) is 13.8 Å². The summed E-state index contributed by atoms with van der Waals surface area (Å²) < 4.78 is 7.59. The zero-order chi connectivity index (χ0) is 21.8. The molecule has 4 nitrogen and oxygen atoms in total. The number of thiophene rings is 1. The Morgan fingerprint density at radius 2 is 1.90 bits per heavy atom. The fourth-order valence-corrected chi connectivity index (χ4v) is 5.73. The minimum absolute atomic E-state index is 0.0122. The Morgan fingerprint density at radius 3 is 2.65 bits per heavy atom. The first-order chi connectivity index (χ1) is 15.1. The van der Waals surface area contributed by atoms with Crippen molar-refractivity contribution in [1.29, 1.82) is 0 Å². The second-order valence-corrected chi connectivity index (χ2v) is 9.61. The van der Waals surface area contributed by atoms with Gasteiger partial charge in [-0.25, -0.2) is 4.98 Å². The van der Waals surface area contributed by atoms with Gasteiger partial charge in [-0.15, -0.1) is 11.3 Å². The minimum Gasteiger partial charge on any atom is -0.493 e. The standard InChI is InChI=1S/C25H26N2O2S2/c1-4-9-21-18(3)22-23(31-21)26-25(30-15-14-29-20-12-6-5-7-13-20)27(24(22)28)19-11-8-10-17(2)16-19/h5-8,10-13,16H,4,9,14-15H2,1-3H3. The van der Waals surface area contributed by atoms with Gasteiger partial charge >= 0.3 is 0 Å². The molecular weight excluding hydrogens is 424 g/mol. The average Bonchev–Trinajstić information content (AvgIpc) is 3.08. The lowest BCUT2D eigenvalue weighted by molar-refractivity contribution is 0.344. The van der Waals surface area contributed by atoms with Gasteiger partial charge in [0.1, 0.15) is 10.6 Å². The van der Waals surface area contributed by atoms with Crippen molar-refractivity contribution in [3.63, 3.8) is 0 Å². The maximum Gasteiger partial charge on any atom is 0.267 e. The van der Waals surface area contributed by atoms with E-state index >= 15 is 0 Å². The van der Waals surface area contributed by atoms with Crippen LogP contribution in [0.5, 0.6) is 5.75 Å². The molecule has 4 aromatic rings. The molecule has 2 aromatic carbocycles. The van der Waals surface area contributed by atoms with Crippen molar-refractivity contribution in [3.05, 3.63) is 81.0 Å². The largest absolute Gasteiger partial charge is 0.493 e. The summed E-state index contributed by atoms with van der Waals surface area (Å²) in [5, 5.41) is 1.46. The van der Waals surface area contributed by atoms with E-state index in [1.54, 1.807) is 27.7 Å². The number of aryl methyl sites for hydroxylation is 3. The zero-order valence-corrected chi connectivity index (χ0v) is 19.7. The number of hydrogen-bond donors (Lipinski definition) is 0. The van der Waals surface area contributed by atoms with Gasteiger partial charge < -0.3 is 4.74 Å². The van der Waals surface area contributed by atoms with Crippen molar-refractivity contribution in [2.24, 2.45) is 0 Å². The van der Waals surface area contributed by atoms with Gasteiger partial charge in [0, 0.05) is 10.6 Å². The van der Waals surface area contributed by atoms with E-state index in [0.29, 0.717) is 17.5 Å². The molecule has 0 fully saturated rings. The Kier molecular flexibility index (Phi) is 6.78. The predicted molar refractivity (Wildman–Crippen MR) is 131 cm³/mol. The molecule has 0 aliphatic rings. The number of ether oxygens (including phenoxy) is 1. The molecule has 0 saturated carbocycles. The maximum absolute atomic E-state index is 13.6. The Balaban J connectivity index is 1.71. The van der Waals surface area contributed by atoms with Crippen LogP contribution in [0.3, 0.4) is 0 Å². The topological polar surface area (TPSA) is 44.1 Å². The number of nitrogens with zero attached hydrogens (tertiary/aromatic N) is 2. The number of para-hydroxylation sites is 1. The Hall–Kier alpha value is -2.57. The fraction of sp³-hybridized carbons (Fsp3) is 0.280. The molecule has 0 N–H and O–H groups in total. The Bertz CT molecular complexity index is 1250. The molecule has 4 rings (SSSR count). The molecule has 2 aromatic heterocycles.